The van der Waals surface area contributed by atoms with Crippen molar-refractivity contribution in [3.63, 3.8) is 0 Å². The topological polar surface area (TPSA) is 33.3 Å². The van der Waals surface area contributed by atoms with Crippen LogP contribution in [-0.2, 0) is 0 Å². The van der Waals surface area contributed by atoms with E-state index in [1.807, 2.05) is 31.2 Å². The molecule has 2 aromatic carbocycles. The number of nitrogens with one attached hydrogen (secondary N) is 2. The van der Waals surface area contributed by atoms with Gasteiger partial charge in [0, 0.05) is 28.3 Å². The Morgan fingerprint density at radius 1 is 1.26 bits per heavy atom. The van der Waals surface area contributed by atoms with Crippen LogP contribution in [0, 0.1) is 6.92 Å². The number of methoxy groups -OCH3 is 1. The van der Waals surface area contributed by atoms with Crippen molar-refractivity contribution in [2.75, 3.05) is 24.7 Å². The number of hydrogen-bond acceptors (Lipinski definition) is 3. The van der Waals surface area contributed by atoms with Crippen LogP contribution >= 0.6 is 35.6 Å². The van der Waals surface area contributed by atoms with Crippen molar-refractivity contribution in [1.82, 2.24) is 5.32 Å². The molecule has 6 heteroatoms. The van der Waals surface area contributed by atoms with Crippen molar-refractivity contribution in [3.05, 3.63) is 53.1 Å². The minimum atomic E-state index is 0.568. The maximum Gasteiger partial charge on any atom is 0.170 e. The molecule has 0 saturated carbocycles. The van der Waals surface area contributed by atoms with Gasteiger partial charge in [-0.05, 0) is 42.9 Å². The summed E-state index contributed by atoms with van der Waals surface area (Å²) in [6.07, 6.45) is 0. The summed E-state index contributed by atoms with van der Waals surface area (Å²) in [6, 6.07) is 14.0. The van der Waals surface area contributed by atoms with E-state index in [9.17, 15) is 0 Å². The number of halogens is 1. The number of thioether (sulfide) groups is 1. The SMILES string of the molecule is COc1cc(Cl)c(C)cc1NC(=S)NCCSc1ccccc1. The fourth-order valence-electron chi connectivity index (χ4n) is 1.95. The zero-order valence-electron chi connectivity index (χ0n) is 13.1. The number of hydrogen-bond donors (Lipinski definition) is 2. The fraction of sp³-hybridized carbons (Fsp3) is 0.235. The molecule has 0 amide bonds. The highest BCUT2D eigenvalue weighted by Gasteiger charge is 2.08. The molecule has 0 unspecified atom stereocenters. The standard InChI is InChI=1S/C17H19ClN2OS2/c1-12-10-15(16(21-2)11-14(12)18)20-17(22)19-8-9-23-13-6-4-3-5-7-13/h3-7,10-11H,8-9H2,1-2H3,(H2,19,20,22). The Morgan fingerprint density at radius 3 is 2.70 bits per heavy atom. The smallest absolute Gasteiger partial charge is 0.170 e. The lowest BCUT2D eigenvalue weighted by atomic mass is 10.2. The molecule has 0 heterocycles. The number of benzene rings is 2. The second-order valence-corrected chi connectivity index (χ2v) is 6.83. The van der Waals surface area contributed by atoms with E-state index in [0.29, 0.717) is 15.9 Å². The van der Waals surface area contributed by atoms with Gasteiger partial charge in [-0.25, -0.2) is 0 Å². The number of anilines is 1. The van der Waals surface area contributed by atoms with Gasteiger partial charge >= 0.3 is 0 Å². The quantitative estimate of drug-likeness (QED) is 0.438. The molecule has 122 valence electrons. The van der Waals surface area contributed by atoms with Gasteiger partial charge in [0.15, 0.2) is 5.11 Å². The van der Waals surface area contributed by atoms with Gasteiger partial charge < -0.3 is 15.4 Å². The van der Waals surface area contributed by atoms with E-state index in [0.717, 1.165) is 23.5 Å². The highest BCUT2D eigenvalue weighted by molar-refractivity contribution is 7.99. The fourth-order valence-corrected chi connectivity index (χ4v) is 3.10. The van der Waals surface area contributed by atoms with Crippen LogP contribution in [-0.4, -0.2) is 24.5 Å². The van der Waals surface area contributed by atoms with Crippen LogP contribution in [0.2, 0.25) is 5.02 Å². The van der Waals surface area contributed by atoms with Gasteiger partial charge in [-0.15, -0.1) is 11.8 Å². The van der Waals surface area contributed by atoms with Gasteiger partial charge in [-0.1, -0.05) is 29.8 Å². The maximum absolute atomic E-state index is 6.10. The average Bonchev–Trinajstić information content (AvgIpc) is 2.56. The Labute approximate surface area is 151 Å². The molecule has 23 heavy (non-hydrogen) atoms. The summed E-state index contributed by atoms with van der Waals surface area (Å²) >= 11 is 13.2. The van der Waals surface area contributed by atoms with Gasteiger partial charge in [-0.2, -0.15) is 0 Å². The summed E-state index contributed by atoms with van der Waals surface area (Å²) in [5, 5.41) is 7.59. The highest BCUT2D eigenvalue weighted by atomic mass is 35.5. The van der Waals surface area contributed by atoms with Crippen molar-refractivity contribution < 1.29 is 4.74 Å². The van der Waals surface area contributed by atoms with E-state index in [1.165, 1.54) is 4.90 Å². The monoisotopic (exact) mass is 366 g/mol. The molecule has 0 aromatic heterocycles. The van der Waals surface area contributed by atoms with E-state index >= 15 is 0 Å². The normalized spacial score (nSPS) is 10.2. The van der Waals surface area contributed by atoms with Crippen LogP contribution in [0.4, 0.5) is 5.69 Å². The van der Waals surface area contributed by atoms with Crippen LogP contribution in [0.3, 0.4) is 0 Å². The molecule has 0 bridgehead atoms. The zero-order valence-corrected chi connectivity index (χ0v) is 15.4. The van der Waals surface area contributed by atoms with E-state index in [4.69, 9.17) is 28.6 Å². The van der Waals surface area contributed by atoms with E-state index in [-0.39, 0.29) is 0 Å². The Bertz CT molecular complexity index is 665. The van der Waals surface area contributed by atoms with E-state index < -0.39 is 0 Å². The Balaban J connectivity index is 1.82. The first-order valence-electron chi connectivity index (χ1n) is 7.17. The number of aryl methyl sites for hydroxylation is 1. The summed E-state index contributed by atoms with van der Waals surface area (Å²) in [7, 11) is 1.61. The molecule has 0 aliphatic carbocycles. The van der Waals surface area contributed by atoms with Crippen LogP contribution in [0.15, 0.2) is 47.4 Å². The molecule has 0 spiro atoms. The van der Waals surface area contributed by atoms with E-state index in [1.54, 1.807) is 24.9 Å². The van der Waals surface area contributed by atoms with Crippen LogP contribution < -0.4 is 15.4 Å². The lowest BCUT2D eigenvalue weighted by Gasteiger charge is -2.14. The first-order chi connectivity index (χ1) is 11.1. The predicted octanol–water partition coefficient (Wildman–Crippen LogP) is 4.74. The summed E-state index contributed by atoms with van der Waals surface area (Å²) in [4.78, 5) is 1.25. The number of rotatable bonds is 6. The third-order valence-electron chi connectivity index (χ3n) is 3.13. The third kappa shape index (κ3) is 5.61. The van der Waals surface area contributed by atoms with Crippen molar-refractivity contribution in [3.8, 4) is 5.75 Å². The van der Waals surface area contributed by atoms with Crippen molar-refractivity contribution in [1.29, 1.82) is 0 Å². The minimum absolute atomic E-state index is 0.568. The molecule has 3 nitrogen and oxygen atoms in total. The van der Waals surface area contributed by atoms with Crippen molar-refractivity contribution in [2.45, 2.75) is 11.8 Å². The average molecular weight is 367 g/mol. The van der Waals surface area contributed by atoms with E-state index in [2.05, 4.69) is 22.8 Å². The molecule has 0 radical (unpaired) electrons. The summed E-state index contributed by atoms with van der Waals surface area (Å²) < 4.78 is 5.33. The van der Waals surface area contributed by atoms with Gasteiger partial charge in [-0.3, -0.25) is 0 Å². The molecule has 0 fully saturated rings. The summed E-state index contributed by atoms with van der Waals surface area (Å²) in [5.41, 5.74) is 1.78. The number of ether oxygens (including phenoxy) is 1. The molecule has 0 aliphatic heterocycles. The molecule has 0 aliphatic rings. The zero-order chi connectivity index (χ0) is 16.7. The highest BCUT2D eigenvalue weighted by Crippen LogP contribution is 2.30. The molecular formula is C17H19ClN2OS2. The first kappa shape index (κ1) is 17.9. The molecule has 0 atom stereocenters. The van der Waals surface area contributed by atoms with Crippen LogP contribution in [0.25, 0.3) is 0 Å². The number of thiocarbonyl (C=S) groups is 1. The predicted molar refractivity (Wildman–Crippen MR) is 104 cm³/mol. The lowest BCUT2D eigenvalue weighted by molar-refractivity contribution is 0.417. The van der Waals surface area contributed by atoms with Gasteiger partial charge in [0.25, 0.3) is 0 Å². The molecular weight excluding hydrogens is 348 g/mol. The van der Waals surface area contributed by atoms with Gasteiger partial charge in [0.2, 0.25) is 0 Å². The van der Waals surface area contributed by atoms with Crippen molar-refractivity contribution >= 4 is 46.4 Å². The molecule has 2 N–H and O–H groups in total. The van der Waals surface area contributed by atoms with Crippen LogP contribution in [0.5, 0.6) is 5.75 Å². The molecule has 0 saturated heterocycles. The summed E-state index contributed by atoms with van der Waals surface area (Å²) in [6.45, 7) is 2.72. The maximum atomic E-state index is 6.10. The largest absolute Gasteiger partial charge is 0.495 e. The van der Waals surface area contributed by atoms with Crippen LogP contribution in [0.1, 0.15) is 5.56 Å². The third-order valence-corrected chi connectivity index (χ3v) is 4.80. The second-order valence-electron chi connectivity index (χ2n) is 4.84. The first-order valence-corrected chi connectivity index (χ1v) is 8.94. The Kier molecular flexibility index (Phi) is 7.02. The Morgan fingerprint density at radius 2 is 2.00 bits per heavy atom. The second kappa shape index (κ2) is 9.01. The molecule has 2 aromatic rings. The lowest BCUT2D eigenvalue weighted by Crippen LogP contribution is -2.30. The Hall–Kier alpha value is -1.43. The summed E-state index contributed by atoms with van der Waals surface area (Å²) in [5.74, 6) is 1.60. The van der Waals surface area contributed by atoms with Gasteiger partial charge in [0.05, 0.1) is 12.8 Å². The van der Waals surface area contributed by atoms with Crippen molar-refractivity contribution in [2.24, 2.45) is 0 Å². The van der Waals surface area contributed by atoms with Gasteiger partial charge in [0.1, 0.15) is 5.75 Å². The minimum Gasteiger partial charge on any atom is -0.495 e. The molecule has 2 rings (SSSR count).